The van der Waals surface area contributed by atoms with Gasteiger partial charge in [0.05, 0.1) is 20.1 Å². The van der Waals surface area contributed by atoms with Gasteiger partial charge in [-0.25, -0.2) is 0 Å². The highest BCUT2D eigenvalue weighted by atomic mass is 16.5. The molecule has 1 aromatic carbocycles. The van der Waals surface area contributed by atoms with Crippen molar-refractivity contribution in [3.05, 3.63) is 35.9 Å². The minimum Gasteiger partial charge on any atom is -0.469 e. The Balaban J connectivity index is 2.51. The van der Waals surface area contributed by atoms with E-state index in [0.29, 0.717) is 6.42 Å². The lowest BCUT2D eigenvalue weighted by Crippen LogP contribution is -2.59. The summed E-state index contributed by atoms with van der Waals surface area (Å²) in [5, 5.41) is 10.2. The Morgan fingerprint density at radius 2 is 1.63 bits per heavy atom. The standard InChI is InChI=1S/C28H42N8O7/c1-16(2)23-26(41)34-18(11-8-12-31-28(29)30)24(39)32-15-21(37)33-19(14-22(38)43-4)25(40)35-20(27(42)36(23)3)13-17-9-6-5-7-10-17/h5-7,9-10,16,18-20,23H,8,11-15H2,1-4H3,(H,32,39)(H,33,37)(H,34,41)(H,35,40)(H4,29,30,31)/t18?,19?,20-,23-/m0/s1. The number of nitrogens with zero attached hydrogens (tertiary/aromatic N) is 2. The number of esters is 1. The van der Waals surface area contributed by atoms with Crippen molar-refractivity contribution in [1.29, 1.82) is 0 Å². The molecule has 236 valence electrons. The lowest BCUT2D eigenvalue weighted by Gasteiger charge is -2.34. The highest BCUT2D eigenvalue weighted by Gasteiger charge is 2.37. The third-order valence-electron chi connectivity index (χ3n) is 6.81. The normalized spacial score (nSPS) is 22.3. The van der Waals surface area contributed by atoms with Crippen molar-refractivity contribution >= 4 is 41.5 Å². The van der Waals surface area contributed by atoms with Gasteiger partial charge in [0.1, 0.15) is 24.2 Å². The molecule has 43 heavy (non-hydrogen) atoms. The molecular weight excluding hydrogens is 560 g/mol. The van der Waals surface area contributed by atoms with Crippen molar-refractivity contribution in [2.24, 2.45) is 22.4 Å². The Morgan fingerprint density at radius 3 is 2.23 bits per heavy atom. The van der Waals surface area contributed by atoms with Gasteiger partial charge in [-0.2, -0.15) is 0 Å². The maximum atomic E-state index is 13.9. The molecule has 15 heteroatoms. The van der Waals surface area contributed by atoms with Crippen LogP contribution < -0.4 is 32.7 Å². The Kier molecular flexibility index (Phi) is 13.4. The van der Waals surface area contributed by atoms with Crippen molar-refractivity contribution in [3.8, 4) is 0 Å². The van der Waals surface area contributed by atoms with Gasteiger partial charge >= 0.3 is 5.97 Å². The fourth-order valence-corrected chi connectivity index (χ4v) is 4.66. The molecule has 1 aliphatic rings. The third kappa shape index (κ3) is 10.9. The molecule has 0 aliphatic carbocycles. The lowest BCUT2D eigenvalue weighted by molar-refractivity contribution is -0.145. The van der Waals surface area contributed by atoms with E-state index < -0.39 is 78.6 Å². The molecule has 0 saturated carbocycles. The summed E-state index contributed by atoms with van der Waals surface area (Å²) in [6.45, 7) is 3.13. The molecule has 0 bridgehead atoms. The van der Waals surface area contributed by atoms with Gasteiger partial charge in [0, 0.05) is 20.0 Å². The molecule has 0 radical (unpaired) electrons. The van der Waals surface area contributed by atoms with Gasteiger partial charge < -0.3 is 42.4 Å². The molecule has 2 rings (SSSR count). The Labute approximate surface area is 250 Å². The molecule has 4 atom stereocenters. The molecule has 1 aliphatic heterocycles. The van der Waals surface area contributed by atoms with E-state index in [2.05, 4.69) is 31.0 Å². The van der Waals surface area contributed by atoms with E-state index in [9.17, 15) is 28.8 Å². The lowest BCUT2D eigenvalue weighted by atomic mass is 9.98. The van der Waals surface area contributed by atoms with Crippen LogP contribution in [0.1, 0.15) is 38.7 Å². The van der Waals surface area contributed by atoms with Crippen LogP contribution in [-0.4, -0.2) is 97.8 Å². The van der Waals surface area contributed by atoms with Crippen molar-refractivity contribution in [2.75, 3.05) is 27.2 Å². The summed E-state index contributed by atoms with van der Waals surface area (Å²) in [5.74, 6) is -4.73. The van der Waals surface area contributed by atoms with Gasteiger partial charge in [-0.3, -0.25) is 33.8 Å². The molecule has 15 nitrogen and oxygen atoms in total. The van der Waals surface area contributed by atoms with E-state index in [0.717, 1.165) is 12.7 Å². The number of amides is 5. The number of likely N-dealkylation sites (N-methyl/N-ethyl adjacent to an activating group) is 1. The molecule has 1 heterocycles. The molecule has 1 saturated heterocycles. The fraction of sp³-hybridized carbons (Fsp3) is 0.536. The van der Waals surface area contributed by atoms with Crippen LogP contribution in [0.4, 0.5) is 0 Å². The average Bonchev–Trinajstić information content (AvgIpc) is 2.96. The molecule has 1 aromatic rings. The highest BCUT2D eigenvalue weighted by molar-refractivity contribution is 5.98. The maximum Gasteiger partial charge on any atom is 0.308 e. The van der Waals surface area contributed by atoms with E-state index >= 15 is 0 Å². The number of hydrogen-bond acceptors (Lipinski definition) is 8. The molecule has 2 unspecified atom stereocenters. The predicted octanol–water partition coefficient (Wildman–Crippen LogP) is -2.09. The summed E-state index contributed by atoms with van der Waals surface area (Å²) < 4.78 is 4.68. The quantitative estimate of drug-likeness (QED) is 0.0787. The molecule has 8 N–H and O–H groups in total. The molecule has 0 aromatic heterocycles. The number of carbonyl (C=O) groups excluding carboxylic acids is 6. The monoisotopic (exact) mass is 602 g/mol. The zero-order valence-electron chi connectivity index (χ0n) is 24.9. The van der Waals surface area contributed by atoms with Crippen molar-refractivity contribution in [1.82, 2.24) is 26.2 Å². The van der Waals surface area contributed by atoms with Gasteiger partial charge in [-0.15, -0.1) is 0 Å². The fourth-order valence-electron chi connectivity index (χ4n) is 4.66. The van der Waals surface area contributed by atoms with E-state index in [-0.39, 0.29) is 25.3 Å². The Hall–Kier alpha value is -4.69. The first-order chi connectivity index (χ1) is 20.3. The van der Waals surface area contributed by atoms with Crippen LogP contribution >= 0.6 is 0 Å². The second-order valence-electron chi connectivity index (χ2n) is 10.5. The summed E-state index contributed by atoms with van der Waals surface area (Å²) in [6, 6.07) is 4.23. The van der Waals surface area contributed by atoms with Crippen molar-refractivity contribution in [3.63, 3.8) is 0 Å². The average molecular weight is 603 g/mol. The number of ether oxygens (including phenoxy) is 1. The summed E-state index contributed by atoms with van der Waals surface area (Å²) in [6.07, 6.45) is -0.0108. The number of nitrogens with one attached hydrogen (secondary N) is 4. The number of guanidine groups is 1. The van der Waals surface area contributed by atoms with Crippen LogP contribution in [0.25, 0.3) is 0 Å². The third-order valence-corrected chi connectivity index (χ3v) is 6.81. The van der Waals surface area contributed by atoms with Crippen molar-refractivity contribution in [2.45, 2.75) is 63.7 Å². The van der Waals surface area contributed by atoms with Crippen LogP contribution in [0.15, 0.2) is 35.3 Å². The van der Waals surface area contributed by atoms with E-state index in [1.54, 1.807) is 44.2 Å². The van der Waals surface area contributed by atoms with Gasteiger partial charge in [0.25, 0.3) is 0 Å². The van der Waals surface area contributed by atoms with Crippen LogP contribution in [-0.2, 0) is 39.9 Å². The Bertz CT molecular complexity index is 1190. The zero-order chi connectivity index (χ0) is 32.1. The first-order valence-electron chi connectivity index (χ1n) is 13.9. The second-order valence-corrected chi connectivity index (χ2v) is 10.5. The van der Waals surface area contributed by atoms with Gasteiger partial charge in [0.2, 0.25) is 29.5 Å². The second kappa shape index (κ2) is 16.7. The minimum atomic E-state index is -1.41. The molecule has 5 amide bonds. The maximum absolute atomic E-state index is 13.9. The number of aliphatic imine (C=N–C) groups is 1. The Morgan fingerprint density at radius 1 is 0.977 bits per heavy atom. The molecule has 1 fully saturated rings. The molecular formula is C28H42N8O7. The first kappa shape index (κ1) is 34.5. The largest absolute Gasteiger partial charge is 0.469 e. The number of rotatable bonds is 9. The number of carbonyl (C=O) groups is 6. The number of hydrogen-bond donors (Lipinski definition) is 6. The van der Waals surface area contributed by atoms with Gasteiger partial charge in [-0.1, -0.05) is 44.2 Å². The van der Waals surface area contributed by atoms with Crippen LogP contribution in [0, 0.1) is 5.92 Å². The van der Waals surface area contributed by atoms with E-state index in [1.165, 1.54) is 11.9 Å². The number of methoxy groups -OCH3 is 1. The smallest absolute Gasteiger partial charge is 0.308 e. The summed E-state index contributed by atoms with van der Waals surface area (Å²) in [4.78, 5) is 83.9. The highest BCUT2D eigenvalue weighted by Crippen LogP contribution is 2.15. The summed E-state index contributed by atoms with van der Waals surface area (Å²) in [5.41, 5.74) is 11.5. The summed E-state index contributed by atoms with van der Waals surface area (Å²) >= 11 is 0. The SMILES string of the molecule is COC(=O)CC1NC(=O)CNC(=O)C(CCCN=C(N)N)NC(=O)[C@H](C(C)C)N(C)C(=O)[C@H](Cc2ccccc2)NC1=O. The molecule has 0 spiro atoms. The number of benzene rings is 1. The van der Waals surface area contributed by atoms with Crippen LogP contribution in [0.3, 0.4) is 0 Å². The minimum absolute atomic E-state index is 0.0640. The number of nitrogens with two attached hydrogens (primary N) is 2. The van der Waals surface area contributed by atoms with E-state index in [1.807, 2.05) is 0 Å². The van der Waals surface area contributed by atoms with Crippen molar-refractivity contribution < 1.29 is 33.5 Å². The zero-order valence-corrected chi connectivity index (χ0v) is 24.9. The van der Waals surface area contributed by atoms with Crippen LogP contribution in [0.5, 0.6) is 0 Å². The summed E-state index contributed by atoms with van der Waals surface area (Å²) in [7, 11) is 2.57. The first-order valence-corrected chi connectivity index (χ1v) is 13.9. The predicted molar refractivity (Wildman–Crippen MR) is 157 cm³/mol. The van der Waals surface area contributed by atoms with E-state index in [4.69, 9.17) is 11.5 Å². The van der Waals surface area contributed by atoms with Gasteiger partial charge in [-0.05, 0) is 24.3 Å². The van der Waals surface area contributed by atoms with Crippen LogP contribution in [0.2, 0.25) is 0 Å². The van der Waals surface area contributed by atoms with Gasteiger partial charge in [0.15, 0.2) is 5.96 Å². The topological polar surface area (TPSA) is 227 Å².